The molecule has 2 amide bonds. The zero-order valence-electron chi connectivity index (χ0n) is 24.6. The lowest BCUT2D eigenvalue weighted by atomic mass is 10.1. The number of benzene rings is 2. The van der Waals surface area contributed by atoms with Crippen LogP contribution in [-0.2, 0) is 9.59 Å². The number of anilines is 1. The Bertz CT molecular complexity index is 1480. The van der Waals surface area contributed by atoms with Crippen molar-refractivity contribution < 1.29 is 23.5 Å². The Morgan fingerprint density at radius 3 is 2.47 bits per heavy atom. The van der Waals surface area contributed by atoms with Gasteiger partial charge in [-0.05, 0) is 61.8 Å². The highest BCUT2D eigenvalue weighted by atomic mass is 32.2. The highest BCUT2D eigenvalue weighted by Crippen LogP contribution is 2.36. The number of aliphatic imine (C=N–C) groups is 1. The van der Waals surface area contributed by atoms with Gasteiger partial charge < -0.3 is 20.2 Å². The van der Waals surface area contributed by atoms with E-state index in [1.807, 2.05) is 49.5 Å². The Hall–Kier alpha value is -3.90. The highest BCUT2D eigenvalue weighted by Gasteiger charge is 2.25. The maximum atomic E-state index is 15.9. The van der Waals surface area contributed by atoms with Crippen molar-refractivity contribution in [2.45, 2.75) is 25.2 Å². The van der Waals surface area contributed by atoms with Crippen LogP contribution in [-0.4, -0.2) is 76.1 Å². The van der Waals surface area contributed by atoms with Crippen molar-refractivity contribution in [1.29, 1.82) is 0 Å². The maximum absolute atomic E-state index is 15.9. The number of halogens is 2. The molecular formula is C31H35F2N5O3S2. The SMILES string of the molecule is C=CC(=O)N(CCC)CCN(CSC)C(=Nc1c(C)cccc1SC)c1cc(F)c(-c2c(O)cccc2F)nc1NC=O. The molecule has 8 nitrogen and oxygen atoms in total. The van der Waals surface area contributed by atoms with E-state index >= 15 is 4.39 Å². The third-order valence-electron chi connectivity index (χ3n) is 6.48. The van der Waals surface area contributed by atoms with Crippen molar-refractivity contribution in [2.24, 2.45) is 4.99 Å². The molecule has 0 radical (unpaired) electrons. The molecule has 0 spiro atoms. The molecule has 0 atom stereocenters. The van der Waals surface area contributed by atoms with E-state index in [2.05, 4.69) is 16.9 Å². The van der Waals surface area contributed by atoms with Gasteiger partial charge in [-0.3, -0.25) is 9.59 Å². The molecular weight excluding hydrogens is 593 g/mol. The second-order valence-corrected chi connectivity index (χ2v) is 11.1. The minimum Gasteiger partial charge on any atom is -0.507 e. The van der Waals surface area contributed by atoms with Crippen molar-refractivity contribution in [2.75, 3.05) is 43.3 Å². The first-order valence-electron chi connectivity index (χ1n) is 13.5. The fourth-order valence-corrected chi connectivity index (χ4v) is 5.63. The number of hydrogen-bond donors (Lipinski definition) is 2. The van der Waals surface area contributed by atoms with Crippen molar-refractivity contribution in [3.05, 3.63) is 77.9 Å². The molecule has 0 fully saturated rings. The predicted octanol–water partition coefficient (Wildman–Crippen LogP) is 6.46. The number of carbonyl (C=O) groups excluding carboxylic acids is 2. The Kier molecular flexibility index (Phi) is 12.6. The lowest BCUT2D eigenvalue weighted by Gasteiger charge is -2.30. The quantitative estimate of drug-likeness (QED) is 0.0529. The zero-order chi connectivity index (χ0) is 31.5. The van der Waals surface area contributed by atoms with Crippen molar-refractivity contribution >= 4 is 53.2 Å². The van der Waals surface area contributed by atoms with Crippen molar-refractivity contribution in [1.82, 2.24) is 14.8 Å². The summed E-state index contributed by atoms with van der Waals surface area (Å²) in [5, 5.41) is 12.8. The van der Waals surface area contributed by atoms with E-state index < -0.39 is 28.6 Å². The first kappa shape index (κ1) is 33.6. The van der Waals surface area contributed by atoms with Crippen LogP contribution in [0.5, 0.6) is 5.75 Å². The number of hydrogen-bond acceptors (Lipinski definition) is 7. The first-order chi connectivity index (χ1) is 20.7. The Balaban J connectivity index is 2.30. The van der Waals surface area contributed by atoms with E-state index in [0.29, 0.717) is 43.4 Å². The molecule has 0 bridgehead atoms. The normalized spacial score (nSPS) is 11.3. The van der Waals surface area contributed by atoms with E-state index in [9.17, 15) is 19.1 Å². The van der Waals surface area contributed by atoms with Gasteiger partial charge in [-0.2, -0.15) is 0 Å². The predicted molar refractivity (Wildman–Crippen MR) is 172 cm³/mol. The highest BCUT2D eigenvalue weighted by molar-refractivity contribution is 7.98. The van der Waals surface area contributed by atoms with Crippen molar-refractivity contribution in [3.8, 4) is 17.0 Å². The average Bonchev–Trinajstić information content (AvgIpc) is 2.99. The third kappa shape index (κ3) is 8.14. The summed E-state index contributed by atoms with van der Waals surface area (Å²) in [5.41, 5.74) is 0.768. The number of aromatic nitrogens is 1. The second kappa shape index (κ2) is 16.1. The molecule has 0 aliphatic carbocycles. The van der Waals surface area contributed by atoms with Crippen LogP contribution in [0.3, 0.4) is 0 Å². The standard InChI is InChI=1S/C31H35F2N5O3S2/c1-6-14-37(26(41)7-2)15-16-38(19-42-4)31(36-28-20(3)10-8-13-25(28)43-5)21-17-23(33)29(35-30(21)34-18-39)27-22(32)11-9-12-24(27)40/h7-13,17-18,40H,2,6,14-16,19H2,1,3-5H3,(H,34,35,39). The van der Waals surface area contributed by atoms with Crippen LogP contribution in [0.1, 0.15) is 24.5 Å². The van der Waals surface area contributed by atoms with Gasteiger partial charge in [0.25, 0.3) is 0 Å². The molecule has 3 rings (SSSR count). The minimum absolute atomic E-state index is 0.0780. The van der Waals surface area contributed by atoms with Gasteiger partial charge in [0.15, 0.2) is 5.82 Å². The molecule has 228 valence electrons. The number of pyridine rings is 1. The molecule has 1 heterocycles. The second-order valence-electron chi connectivity index (χ2n) is 9.38. The molecule has 3 aromatic rings. The summed E-state index contributed by atoms with van der Waals surface area (Å²) in [4.78, 5) is 38.0. The molecule has 2 N–H and O–H groups in total. The maximum Gasteiger partial charge on any atom is 0.246 e. The topological polar surface area (TPSA) is 98.1 Å². The van der Waals surface area contributed by atoms with Gasteiger partial charge >= 0.3 is 0 Å². The molecule has 2 aromatic carbocycles. The van der Waals surface area contributed by atoms with E-state index in [-0.39, 0.29) is 17.3 Å². The van der Waals surface area contributed by atoms with Gasteiger partial charge in [-0.25, -0.2) is 18.8 Å². The van der Waals surface area contributed by atoms with E-state index in [4.69, 9.17) is 4.99 Å². The molecule has 12 heteroatoms. The van der Waals surface area contributed by atoms with Crippen LogP contribution in [0.4, 0.5) is 20.3 Å². The average molecular weight is 628 g/mol. The van der Waals surface area contributed by atoms with Gasteiger partial charge in [0.2, 0.25) is 12.3 Å². The minimum atomic E-state index is -0.923. The first-order valence-corrected chi connectivity index (χ1v) is 16.1. The summed E-state index contributed by atoms with van der Waals surface area (Å²) >= 11 is 2.99. The number of phenols is 1. The monoisotopic (exact) mass is 627 g/mol. The van der Waals surface area contributed by atoms with Gasteiger partial charge in [-0.1, -0.05) is 31.7 Å². The largest absolute Gasteiger partial charge is 0.507 e. The van der Waals surface area contributed by atoms with Crippen LogP contribution in [0, 0.1) is 18.6 Å². The van der Waals surface area contributed by atoms with Gasteiger partial charge in [-0.15, -0.1) is 23.5 Å². The van der Waals surface area contributed by atoms with Crippen LogP contribution in [0.2, 0.25) is 0 Å². The van der Waals surface area contributed by atoms with E-state index in [0.717, 1.165) is 29.0 Å². The van der Waals surface area contributed by atoms with Crippen molar-refractivity contribution in [3.63, 3.8) is 0 Å². The number of nitrogens with one attached hydrogen (secondary N) is 1. The number of thioether (sulfide) groups is 2. The van der Waals surface area contributed by atoms with Crippen LogP contribution < -0.4 is 5.32 Å². The van der Waals surface area contributed by atoms with Crippen LogP contribution in [0.15, 0.2) is 65.0 Å². The third-order valence-corrected chi connectivity index (χ3v) is 7.82. The number of phenolic OH excluding ortho intramolecular Hbond substituents is 1. The molecule has 0 aliphatic rings. The fraction of sp³-hybridized carbons (Fsp3) is 0.290. The molecule has 0 unspecified atom stereocenters. The van der Waals surface area contributed by atoms with Gasteiger partial charge in [0.1, 0.15) is 28.9 Å². The summed E-state index contributed by atoms with van der Waals surface area (Å²) in [6, 6.07) is 10.5. The summed E-state index contributed by atoms with van der Waals surface area (Å²) in [6.45, 7) is 8.66. The summed E-state index contributed by atoms with van der Waals surface area (Å²) in [5.74, 6) is -1.89. The lowest BCUT2D eigenvalue weighted by Crippen LogP contribution is -2.41. The summed E-state index contributed by atoms with van der Waals surface area (Å²) in [6.07, 6.45) is 6.23. The number of amides is 2. The molecule has 0 saturated carbocycles. The summed E-state index contributed by atoms with van der Waals surface area (Å²) in [7, 11) is 0. The van der Waals surface area contributed by atoms with Crippen LogP contribution >= 0.6 is 23.5 Å². The smallest absolute Gasteiger partial charge is 0.246 e. The molecule has 0 aliphatic heterocycles. The summed E-state index contributed by atoms with van der Waals surface area (Å²) < 4.78 is 30.6. The number of rotatable bonds is 14. The van der Waals surface area contributed by atoms with Crippen LogP contribution in [0.25, 0.3) is 11.3 Å². The molecule has 1 aromatic heterocycles. The number of aromatic hydroxyl groups is 1. The number of para-hydroxylation sites is 1. The Morgan fingerprint density at radius 2 is 1.84 bits per heavy atom. The number of amidine groups is 1. The molecule has 43 heavy (non-hydrogen) atoms. The zero-order valence-corrected chi connectivity index (χ0v) is 26.2. The number of nitrogens with zero attached hydrogens (tertiary/aromatic N) is 4. The van der Waals surface area contributed by atoms with E-state index in [1.165, 1.54) is 41.7 Å². The van der Waals surface area contributed by atoms with Gasteiger partial charge in [0.05, 0.1) is 22.7 Å². The van der Waals surface area contributed by atoms with Gasteiger partial charge in [0, 0.05) is 24.5 Å². The lowest BCUT2D eigenvalue weighted by molar-refractivity contribution is -0.126. The number of aryl methyl sites for hydroxylation is 1. The fourth-order valence-electron chi connectivity index (χ4n) is 4.45. The van der Waals surface area contributed by atoms with E-state index in [1.54, 1.807) is 4.90 Å². The number of carbonyl (C=O) groups is 2. The Labute approximate surface area is 259 Å². The Morgan fingerprint density at radius 1 is 1.12 bits per heavy atom. The molecule has 0 saturated heterocycles.